The molecule has 0 bridgehead atoms. The van der Waals surface area contributed by atoms with Gasteiger partial charge in [-0.2, -0.15) is 0 Å². The van der Waals surface area contributed by atoms with E-state index in [0.29, 0.717) is 0 Å². The molecule has 0 spiro atoms. The summed E-state index contributed by atoms with van der Waals surface area (Å²) >= 11 is 0. The van der Waals surface area contributed by atoms with Crippen molar-refractivity contribution in [3.8, 4) is 33.4 Å². The highest BCUT2D eigenvalue weighted by Gasteiger charge is 2.30. The van der Waals surface area contributed by atoms with E-state index < -0.39 is 0 Å². The van der Waals surface area contributed by atoms with E-state index in [4.69, 9.17) is 13.3 Å². The van der Waals surface area contributed by atoms with Crippen LogP contribution < -0.4 is 4.90 Å². The highest BCUT2D eigenvalue weighted by atomic mass is 16.3. The molecular weight excluding hydrogens is 711 g/mol. The molecule has 3 heterocycles. The van der Waals surface area contributed by atoms with E-state index in [1.165, 1.54) is 0 Å². The molecule has 0 aliphatic heterocycles. The number of rotatable bonds is 6. The molecular formula is C54H33NO3. The summed E-state index contributed by atoms with van der Waals surface area (Å²) in [4.78, 5) is 2.44. The first-order chi connectivity index (χ1) is 28.8. The zero-order valence-electron chi connectivity index (χ0n) is 31.2. The Labute approximate surface area is 333 Å². The summed E-state index contributed by atoms with van der Waals surface area (Å²) in [5.74, 6) is 0. The van der Waals surface area contributed by atoms with Gasteiger partial charge < -0.3 is 18.2 Å². The lowest BCUT2D eigenvalue weighted by Gasteiger charge is -2.30. The van der Waals surface area contributed by atoms with Crippen LogP contribution in [0.5, 0.6) is 0 Å². The number of hydrogen-bond acceptors (Lipinski definition) is 4. The maximum absolute atomic E-state index is 6.99. The van der Waals surface area contributed by atoms with Crippen molar-refractivity contribution in [3.63, 3.8) is 0 Å². The Morgan fingerprint density at radius 1 is 0.276 bits per heavy atom. The van der Waals surface area contributed by atoms with Gasteiger partial charge in [-0.15, -0.1) is 0 Å². The molecule has 0 atom stereocenters. The first-order valence-electron chi connectivity index (χ1n) is 19.6. The van der Waals surface area contributed by atoms with Crippen LogP contribution in [0.15, 0.2) is 213 Å². The topological polar surface area (TPSA) is 42.7 Å². The van der Waals surface area contributed by atoms with Crippen molar-refractivity contribution in [2.45, 2.75) is 0 Å². The normalized spacial score (nSPS) is 11.8. The highest BCUT2D eigenvalue weighted by molar-refractivity contribution is 6.25. The molecule has 12 rings (SSSR count). The van der Waals surface area contributed by atoms with Gasteiger partial charge in [0.1, 0.15) is 33.5 Å². The SMILES string of the molecule is c1ccc(-c2ccc3oc4c(-c5ccccc5)cccc4c3c2N(c2cccc3oc4ccccc4c23)c2ccc(-c3ccccc3)c3oc4ccccc4c23)cc1. The van der Waals surface area contributed by atoms with Crippen LogP contribution in [0, 0.1) is 0 Å². The molecule has 0 saturated heterocycles. The summed E-state index contributed by atoms with van der Waals surface area (Å²) in [6.07, 6.45) is 0. The maximum atomic E-state index is 6.99. The van der Waals surface area contributed by atoms with E-state index >= 15 is 0 Å². The van der Waals surface area contributed by atoms with Gasteiger partial charge in [0, 0.05) is 32.8 Å². The van der Waals surface area contributed by atoms with Crippen LogP contribution >= 0.6 is 0 Å². The Kier molecular flexibility index (Phi) is 7.20. The molecule has 0 aliphatic carbocycles. The zero-order chi connectivity index (χ0) is 38.2. The van der Waals surface area contributed by atoms with Crippen molar-refractivity contribution in [1.82, 2.24) is 0 Å². The fourth-order valence-corrected chi connectivity index (χ4v) is 8.95. The second-order valence-corrected chi connectivity index (χ2v) is 14.7. The minimum Gasteiger partial charge on any atom is -0.456 e. The lowest BCUT2D eigenvalue weighted by Crippen LogP contribution is -2.13. The van der Waals surface area contributed by atoms with Crippen LogP contribution in [0.4, 0.5) is 17.1 Å². The smallest absolute Gasteiger partial charge is 0.145 e. The first-order valence-corrected chi connectivity index (χ1v) is 19.6. The van der Waals surface area contributed by atoms with Crippen molar-refractivity contribution in [1.29, 1.82) is 0 Å². The van der Waals surface area contributed by atoms with E-state index in [1.807, 2.05) is 24.3 Å². The van der Waals surface area contributed by atoms with E-state index in [2.05, 4.69) is 181 Å². The Morgan fingerprint density at radius 2 is 0.759 bits per heavy atom. The summed E-state index contributed by atoms with van der Waals surface area (Å²) in [7, 11) is 0. The molecule has 4 heteroatoms. The third-order valence-corrected chi connectivity index (χ3v) is 11.5. The summed E-state index contributed by atoms with van der Waals surface area (Å²) in [6, 6.07) is 70.0. The van der Waals surface area contributed by atoms with E-state index in [9.17, 15) is 0 Å². The molecule has 0 saturated carbocycles. The summed E-state index contributed by atoms with van der Waals surface area (Å²) in [5.41, 5.74) is 14.4. The molecule has 4 nitrogen and oxygen atoms in total. The van der Waals surface area contributed by atoms with Crippen LogP contribution in [0.2, 0.25) is 0 Å². The fraction of sp³-hybridized carbons (Fsp3) is 0. The molecule has 3 aromatic heterocycles. The zero-order valence-corrected chi connectivity index (χ0v) is 31.2. The predicted octanol–water partition coefficient (Wildman–Crippen LogP) is 15.9. The Hall–Kier alpha value is -7.82. The quantitative estimate of drug-likeness (QED) is 0.170. The van der Waals surface area contributed by atoms with Gasteiger partial charge in [-0.05, 0) is 65.2 Å². The minimum atomic E-state index is 0.802. The van der Waals surface area contributed by atoms with Crippen LogP contribution in [-0.2, 0) is 0 Å². The van der Waals surface area contributed by atoms with Crippen molar-refractivity contribution >= 4 is 82.9 Å². The molecule has 12 aromatic rings. The average Bonchev–Trinajstić information content (AvgIpc) is 4.00. The van der Waals surface area contributed by atoms with E-state index in [-0.39, 0.29) is 0 Å². The van der Waals surface area contributed by atoms with Gasteiger partial charge in [0.25, 0.3) is 0 Å². The third-order valence-electron chi connectivity index (χ3n) is 11.5. The molecule has 0 radical (unpaired) electrons. The molecule has 0 fully saturated rings. The van der Waals surface area contributed by atoms with Gasteiger partial charge in [-0.25, -0.2) is 0 Å². The molecule has 58 heavy (non-hydrogen) atoms. The monoisotopic (exact) mass is 743 g/mol. The first kappa shape index (κ1) is 32.4. The second-order valence-electron chi connectivity index (χ2n) is 14.7. The number of para-hydroxylation sites is 3. The number of nitrogens with zero attached hydrogens (tertiary/aromatic N) is 1. The molecule has 0 N–H and O–H groups in total. The number of furan rings is 3. The van der Waals surface area contributed by atoms with Gasteiger partial charge in [0.15, 0.2) is 0 Å². The molecule has 9 aromatic carbocycles. The van der Waals surface area contributed by atoms with E-state index in [0.717, 1.165) is 116 Å². The molecule has 272 valence electrons. The number of benzene rings is 9. The summed E-state index contributed by atoms with van der Waals surface area (Å²) < 4.78 is 20.5. The lowest BCUT2D eigenvalue weighted by molar-refractivity contribution is 0.669. The van der Waals surface area contributed by atoms with Crippen molar-refractivity contribution in [2.75, 3.05) is 4.90 Å². The molecule has 0 aliphatic rings. The van der Waals surface area contributed by atoms with Crippen LogP contribution in [0.3, 0.4) is 0 Å². The number of fused-ring (bicyclic) bond motifs is 9. The predicted molar refractivity (Wildman–Crippen MR) is 239 cm³/mol. The van der Waals surface area contributed by atoms with Gasteiger partial charge >= 0.3 is 0 Å². The average molecular weight is 744 g/mol. The van der Waals surface area contributed by atoms with E-state index in [1.54, 1.807) is 0 Å². The number of anilines is 3. The number of hydrogen-bond donors (Lipinski definition) is 0. The van der Waals surface area contributed by atoms with Crippen LogP contribution in [-0.4, -0.2) is 0 Å². The van der Waals surface area contributed by atoms with Crippen molar-refractivity contribution < 1.29 is 13.3 Å². The Balaban J connectivity index is 1.29. The third kappa shape index (κ3) is 4.88. The van der Waals surface area contributed by atoms with Crippen LogP contribution in [0.1, 0.15) is 0 Å². The van der Waals surface area contributed by atoms with Crippen molar-refractivity contribution in [2.24, 2.45) is 0 Å². The molecule has 0 amide bonds. The fourth-order valence-electron chi connectivity index (χ4n) is 8.95. The standard InChI is InChI=1S/C54H33NO3/c1-4-16-34(17-5-1)37-31-33-48-51(42-25-14-24-38(53(42)58-48)35-18-6-2-7-19-35)52(37)55(43-26-15-29-47-49(43)40-22-10-12-27-45(40)56-47)44-32-30-39(36-20-8-3-9-21-36)54-50(44)41-23-11-13-28-46(41)57-54/h1-33H. The Morgan fingerprint density at radius 3 is 1.47 bits per heavy atom. The lowest BCUT2D eigenvalue weighted by atomic mass is 9.95. The van der Waals surface area contributed by atoms with Crippen molar-refractivity contribution in [3.05, 3.63) is 200 Å². The van der Waals surface area contributed by atoms with Gasteiger partial charge in [0.2, 0.25) is 0 Å². The summed E-state index contributed by atoms with van der Waals surface area (Å²) in [5, 5.41) is 6.19. The van der Waals surface area contributed by atoms with Crippen LogP contribution in [0.25, 0.3) is 99.2 Å². The maximum Gasteiger partial charge on any atom is 0.145 e. The second kappa shape index (κ2) is 12.9. The summed E-state index contributed by atoms with van der Waals surface area (Å²) in [6.45, 7) is 0. The molecule has 0 unspecified atom stereocenters. The van der Waals surface area contributed by atoms with Gasteiger partial charge in [0.05, 0.1) is 33.2 Å². The Bertz CT molecular complexity index is 3500. The highest BCUT2D eigenvalue weighted by Crippen LogP contribution is 2.54. The minimum absolute atomic E-state index is 0.802. The van der Waals surface area contributed by atoms with Gasteiger partial charge in [-0.1, -0.05) is 152 Å². The largest absolute Gasteiger partial charge is 0.456 e. The van der Waals surface area contributed by atoms with Gasteiger partial charge in [-0.3, -0.25) is 0 Å².